The van der Waals surface area contributed by atoms with Crippen molar-refractivity contribution in [1.82, 2.24) is 0 Å². The molecule has 0 aliphatic carbocycles. The molecule has 10 nitrogen and oxygen atoms in total. The van der Waals surface area contributed by atoms with Crippen LogP contribution in [-0.2, 0) is 19.6 Å². The summed E-state index contributed by atoms with van der Waals surface area (Å²) in [6.45, 7) is -1.08. The van der Waals surface area contributed by atoms with Crippen molar-refractivity contribution in [2.45, 2.75) is 36.8 Å². The second-order valence-electron chi connectivity index (χ2n) is 4.41. The molecular formula is C9H17NaO10S. The first-order chi connectivity index (χ1) is 9.15. The Balaban J connectivity index is 0.00000400. The van der Waals surface area contributed by atoms with Gasteiger partial charge in [0.15, 0.2) is 6.29 Å². The van der Waals surface area contributed by atoms with Gasteiger partial charge in [0.1, 0.15) is 30.5 Å². The molecule has 1 rings (SSSR count). The van der Waals surface area contributed by atoms with Crippen LogP contribution in [0.25, 0.3) is 0 Å². The molecule has 1 saturated heterocycles. The number of rotatable bonds is 6. The molecule has 0 spiro atoms. The maximum Gasteiger partial charge on any atom is 1.00 e. The van der Waals surface area contributed by atoms with E-state index in [1.54, 1.807) is 0 Å². The Kier molecular flexibility index (Phi) is 9.33. The van der Waals surface area contributed by atoms with Gasteiger partial charge in [-0.1, -0.05) is 0 Å². The fourth-order valence-electron chi connectivity index (χ4n) is 1.65. The van der Waals surface area contributed by atoms with Crippen molar-refractivity contribution < 1.29 is 77.5 Å². The molecule has 0 aromatic carbocycles. The third kappa shape index (κ3) is 6.72. The number of aliphatic hydroxyl groups excluding tert-OH is 5. The molecule has 1 unspecified atom stereocenters. The van der Waals surface area contributed by atoms with E-state index >= 15 is 0 Å². The number of hydrogen-bond acceptors (Lipinski definition) is 10. The minimum absolute atomic E-state index is 0. The Morgan fingerprint density at radius 1 is 1.19 bits per heavy atom. The van der Waals surface area contributed by atoms with Crippen molar-refractivity contribution in [2.24, 2.45) is 0 Å². The Morgan fingerprint density at radius 3 is 2.24 bits per heavy atom. The summed E-state index contributed by atoms with van der Waals surface area (Å²) >= 11 is 0. The van der Waals surface area contributed by atoms with Gasteiger partial charge >= 0.3 is 29.6 Å². The Labute approximate surface area is 143 Å². The van der Waals surface area contributed by atoms with E-state index in [-0.39, 0.29) is 29.6 Å². The molecule has 0 bridgehead atoms. The summed E-state index contributed by atoms with van der Waals surface area (Å²) in [6.07, 6.45) is -9.67. The van der Waals surface area contributed by atoms with Crippen molar-refractivity contribution in [3.8, 4) is 0 Å². The Bertz CT molecular complexity index is 403. The number of aliphatic hydroxyl groups is 5. The predicted molar refractivity (Wildman–Crippen MR) is 60.3 cm³/mol. The summed E-state index contributed by atoms with van der Waals surface area (Å²) in [5.41, 5.74) is 0. The summed E-state index contributed by atoms with van der Waals surface area (Å²) in [6, 6.07) is 0. The zero-order valence-corrected chi connectivity index (χ0v) is 14.1. The van der Waals surface area contributed by atoms with Crippen LogP contribution in [0, 0.1) is 0 Å². The quantitative estimate of drug-likeness (QED) is 0.230. The molecule has 0 radical (unpaired) electrons. The van der Waals surface area contributed by atoms with Gasteiger partial charge in [0.05, 0.1) is 29.1 Å². The van der Waals surface area contributed by atoms with Crippen LogP contribution in [0.1, 0.15) is 0 Å². The average Bonchev–Trinajstić information content (AvgIpc) is 2.36. The molecule has 5 N–H and O–H groups in total. The monoisotopic (exact) mass is 340 g/mol. The van der Waals surface area contributed by atoms with Gasteiger partial charge in [0, 0.05) is 0 Å². The van der Waals surface area contributed by atoms with Gasteiger partial charge in [-0.25, -0.2) is 8.42 Å². The fourth-order valence-corrected chi connectivity index (χ4v) is 2.33. The smallest absolute Gasteiger partial charge is 0.748 e. The number of hydrogen-bond donors (Lipinski definition) is 5. The van der Waals surface area contributed by atoms with E-state index in [0.29, 0.717) is 0 Å². The zero-order chi connectivity index (χ0) is 15.5. The molecule has 120 valence electrons. The van der Waals surface area contributed by atoms with Gasteiger partial charge in [0.25, 0.3) is 0 Å². The summed E-state index contributed by atoms with van der Waals surface area (Å²) < 4.78 is 41.7. The van der Waals surface area contributed by atoms with E-state index in [4.69, 9.17) is 19.7 Å². The SMILES string of the molecule is O=S(=O)([O-])C[C@H]1O[C@@H](OCC(O)CO)[C@H](O)[C@@H](O)[C@@H]1O.[Na+]. The van der Waals surface area contributed by atoms with E-state index in [9.17, 15) is 28.3 Å². The molecule has 21 heavy (non-hydrogen) atoms. The van der Waals surface area contributed by atoms with Crippen molar-refractivity contribution >= 4 is 10.1 Å². The standard InChI is InChI=1S/C9H18O10S.Na/c10-1-4(11)2-18-9-8(14)7(13)6(12)5(19-9)3-20(15,16)17;/h4-14H,1-3H2,(H,15,16,17);/q;+1/p-1/t4?,5-,6-,7+,8-,9-;/m1./s1. The molecule has 0 saturated carbocycles. The van der Waals surface area contributed by atoms with Crippen LogP contribution in [0.3, 0.4) is 0 Å². The van der Waals surface area contributed by atoms with Crippen LogP contribution in [0.2, 0.25) is 0 Å². The molecule has 1 heterocycles. The Morgan fingerprint density at radius 2 is 1.76 bits per heavy atom. The van der Waals surface area contributed by atoms with Gasteiger partial charge in [0.2, 0.25) is 0 Å². The largest absolute Gasteiger partial charge is 1.00 e. The first kappa shape index (κ1) is 21.6. The fraction of sp³-hybridized carbons (Fsp3) is 1.00. The summed E-state index contributed by atoms with van der Waals surface area (Å²) in [4.78, 5) is 0. The van der Waals surface area contributed by atoms with E-state index in [1.165, 1.54) is 0 Å². The average molecular weight is 340 g/mol. The molecule has 12 heteroatoms. The second-order valence-corrected chi connectivity index (χ2v) is 5.86. The molecule has 1 fully saturated rings. The van der Waals surface area contributed by atoms with Gasteiger partial charge in [-0.15, -0.1) is 0 Å². The number of ether oxygens (including phenoxy) is 2. The van der Waals surface area contributed by atoms with Crippen LogP contribution in [0.15, 0.2) is 0 Å². The summed E-state index contributed by atoms with van der Waals surface area (Å²) in [5, 5.41) is 46.3. The minimum atomic E-state index is -4.73. The first-order valence-corrected chi connectivity index (χ1v) is 7.27. The molecule has 0 aromatic rings. The van der Waals surface area contributed by atoms with E-state index < -0.39 is 65.9 Å². The Hall–Kier alpha value is 0.630. The van der Waals surface area contributed by atoms with Crippen molar-refractivity contribution in [3.05, 3.63) is 0 Å². The second kappa shape index (κ2) is 9.05. The van der Waals surface area contributed by atoms with Gasteiger partial charge in [-0.2, -0.15) is 0 Å². The summed E-state index contributed by atoms with van der Waals surface area (Å²) in [5.74, 6) is -1.11. The maximum absolute atomic E-state index is 10.6. The molecule has 6 atom stereocenters. The van der Waals surface area contributed by atoms with Crippen LogP contribution >= 0.6 is 0 Å². The third-order valence-corrected chi connectivity index (χ3v) is 3.44. The molecule has 0 aromatic heterocycles. The van der Waals surface area contributed by atoms with Crippen LogP contribution in [-0.4, -0.2) is 94.3 Å². The normalized spacial score (nSPS) is 35.0. The third-order valence-electron chi connectivity index (χ3n) is 2.70. The van der Waals surface area contributed by atoms with Gasteiger partial charge in [-0.3, -0.25) is 0 Å². The molecular weight excluding hydrogens is 323 g/mol. The topological polar surface area (TPSA) is 177 Å². The molecule has 1 aliphatic heterocycles. The van der Waals surface area contributed by atoms with Gasteiger partial charge in [-0.05, 0) is 0 Å². The van der Waals surface area contributed by atoms with E-state index in [0.717, 1.165) is 0 Å². The zero-order valence-electron chi connectivity index (χ0n) is 11.3. The van der Waals surface area contributed by atoms with Gasteiger partial charge < -0.3 is 39.6 Å². The predicted octanol–water partition coefficient (Wildman–Crippen LogP) is -7.29. The maximum atomic E-state index is 10.6. The van der Waals surface area contributed by atoms with Crippen molar-refractivity contribution in [3.63, 3.8) is 0 Å². The molecule has 0 amide bonds. The minimum Gasteiger partial charge on any atom is -0.748 e. The van der Waals surface area contributed by atoms with E-state index in [2.05, 4.69) is 0 Å². The van der Waals surface area contributed by atoms with Crippen LogP contribution in [0.5, 0.6) is 0 Å². The summed E-state index contributed by atoms with van der Waals surface area (Å²) in [7, 11) is -4.73. The van der Waals surface area contributed by atoms with Crippen LogP contribution < -0.4 is 29.6 Å². The van der Waals surface area contributed by atoms with Crippen molar-refractivity contribution in [1.29, 1.82) is 0 Å². The first-order valence-electron chi connectivity index (χ1n) is 5.69. The van der Waals surface area contributed by atoms with E-state index in [1.807, 2.05) is 0 Å². The molecule has 1 aliphatic rings. The van der Waals surface area contributed by atoms with Crippen molar-refractivity contribution in [2.75, 3.05) is 19.0 Å². The van der Waals surface area contributed by atoms with Crippen LogP contribution in [0.4, 0.5) is 0 Å².